The summed E-state index contributed by atoms with van der Waals surface area (Å²) in [4.78, 5) is 34.3. The lowest BCUT2D eigenvalue weighted by molar-refractivity contribution is -0.128. The highest BCUT2D eigenvalue weighted by Crippen LogP contribution is 2.27. The topological polar surface area (TPSA) is 104 Å². The fraction of sp³-hybridized carbons (Fsp3) is 0.250. The minimum atomic E-state index is -0.203. The number of nitrogens with one attached hydrogen (secondary N) is 2. The van der Waals surface area contributed by atoms with E-state index >= 15 is 0 Å². The van der Waals surface area contributed by atoms with Crippen molar-refractivity contribution in [2.45, 2.75) is 19.3 Å². The normalized spacial score (nSPS) is 10.6. The summed E-state index contributed by atoms with van der Waals surface area (Å²) in [6, 6.07) is 7.15. The number of aromatic nitrogens is 4. The van der Waals surface area contributed by atoms with E-state index in [1.54, 1.807) is 38.8 Å². The van der Waals surface area contributed by atoms with E-state index in [4.69, 9.17) is 11.6 Å². The number of pyridine rings is 2. The van der Waals surface area contributed by atoms with Crippen LogP contribution in [0.2, 0.25) is 5.15 Å². The zero-order chi connectivity index (χ0) is 20.8. The number of anilines is 1. The number of rotatable bonds is 7. The predicted octanol–water partition coefficient (Wildman–Crippen LogP) is 2.72. The van der Waals surface area contributed by atoms with Gasteiger partial charge in [-0.05, 0) is 30.2 Å². The average Bonchev–Trinajstić information content (AvgIpc) is 3.10. The fourth-order valence-electron chi connectivity index (χ4n) is 2.71. The number of carbonyl (C=O) groups excluding carboxylic acids is 2. The average molecular weight is 413 g/mol. The second-order valence-electron chi connectivity index (χ2n) is 6.66. The third-order valence-electron chi connectivity index (χ3n) is 4.35. The SMILES string of the molecule is CN(C)C(=O)Cc1c(NC(=O)CCc2ccc(Cl)nc2)n[nH]c1-c1ccncc1. The van der Waals surface area contributed by atoms with Crippen LogP contribution >= 0.6 is 11.6 Å². The van der Waals surface area contributed by atoms with Crippen LogP contribution in [0.5, 0.6) is 0 Å². The number of hydrogen-bond acceptors (Lipinski definition) is 5. The number of nitrogens with zero attached hydrogens (tertiary/aromatic N) is 4. The van der Waals surface area contributed by atoms with E-state index < -0.39 is 0 Å². The Hall–Kier alpha value is -3.26. The fourth-order valence-corrected chi connectivity index (χ4v) is 2.83. The monoisotopic (exact) mass is 412 g/mol. The van der Waals surface area contributed by atoms with Gasteiger partial charge in [-0.2, -0.15) is 5.10 Å². The number of H-pyrrole nitrogens is 1. The van der Waals surface area contributed by atoms with Crippen LogP contribution < -0.4 is 5.32 Å². The van der Waals surface area contributed by atoms with E-state index in [1.165, 1.54) is 4.90 Å². The van der Waals surface area contributed by atoms with Gasteiger partial charge in [-0.1, -0.05) is 17.7 Å². The Bertz CT molecular complexity index is 986. The van der Waals surface area contributed by atoms with Gasteiger partial charge in [0.1, 0.15) is 5.15 Å². The van der Waals surface area contributed by atoms with Crippen LogP contribution in [-0.2, 0) is 22.4 Å². The first kappa shape index (κ1) is 20.5. The van der Waals surface area contributed by atoms with E-state index in [1.807, 2.05) is 18.2 Å². The molecule has 0 atom stereocenters. The van der Waals surface area contributed by atoms with Gasteiger partial charge in [-0.15, -0.1) is 0 Å². The van der Waals surface area contributed by atoms with Crippen LogP contribution in [0, 0.1) is 0 Å². The molecule has 0 aromatic carbocycles. The summed E-state index contributed by atoms with van der Waals surface area (Å²) in [5.41, 5.74) is 3.06. The first-order chi connectivity index (χ1) is 13.9. The van der Waals surface area contributed by atoms with E-state index in [9.17, 15) is 9.59 Å². The number of carbonyl (C=O) groups is 2. The zero-order valence-electron chi connectivity index (χ0n) is 16.1. The molecule has 0 radical (unpaired) electrons. The van der Waals surface area contributed by atoms with Crippen LogP contribution in [0.15, 0.2) is 42.9 Å². The van der Waals surface area contributed by atoms with Crippen LogP contribution in [-0.4, -0.2) is 51.0 Å². The van der Waals surface area contributed by atoms with E-state index in [0.29, 0.717) is 28.6 Å². The molecule has 3 aromatic heterocycles. The summed E-state index contributed by atoms with van der Waals surface area (Å²) in [5.74, 6) is 0.0574. The number of halogens is 1. The quantitative estimate of drug-likeness (QED) is 0.580. The summed E-state index contributed by atoms with van der Waals surface area (Å²) < 4.78 is 0. The maximum atomic E-state index is 12.5. The lowest BCUT2D eigenvalue weighted by Crippen LogP contribution is -2.24. The summed E-state index contributed by atoms with van der Waals surface area (Å²) in [6.07, 6.45) is 5.84. The smallest absolute Gasteiger partial charge is 0.226 e. The Morgan fingerprint density at radius 2 is 1.93 bits per heavy atom. The molecule has 0 spiro atoms. The molecular weight excluding hydrogens is 392 g/mol. The van der Waals surface area contributed by atoms with Crippen molar-refractivity contribution >= 4 is 29.2 Å². The van der Waals surface area contributed by atoms with Gasteiger partial charge >= 0.3 is 0 Å². The molecular formula is C20H21ClN6O2. The molecule has 3 heterocycles. The van der Waals surface area contributed by atoms with Crippen molar-refractivity contribution < 1.29 is 9.59 Å². The molecule has 0 unspecified atom stereocenters. The molecule has 0 aliphatic carbocycles. The van der Waals surface area contributed by atoms with Crippen molar-refractivity contribution in [1.29, 1.82) is 0 Å². The van der Waals surface area contributed by atoms with Crippen molar-refractivity contribution in [3.63, 3.8) is 0 Å². The molecule has 8 nitrogen and oxygen atoms in total. The number of hydrogen-bond donors (Lipinski definition) is 2. The van der Waals surface area contributed by atoms with Gasteiger partial charge in [0.05, 0.1) is 12.1 Å². The van der Waals surface area contributed by atoms with Gasteiger partial charge in [0.15, 0.2) is 5.82 Å². The highest BCUT2D eigenvalue weighted by atomic mass is 35.5. The van der Waals surface area contributed by atoms with Crippen molar-refractivity contribution in [1.82, 2.24) is 25.1 Å². The molecule has 2 N–H and O–H groups in total. The minimum absolute atomic E-state index is 0.0931. The molecule has 9 heteroatoms. The first-order valence-corrected chi connectivity index (χ1v) is 9.40. The summed E-state index contributed by atoms with van der Waals surface area (Å²) in [5, 5.41) is 10.4. The molecule has 0 saturated heterocycles. The van der Waals surface area contributed by atoms with Gasteiger partial charge in [0.25, 0.3) is 0 Å². The van der Waals surface area contributed by atoms with Gasteiger partial charge in [0, 0.05) is 50.2 Å². The highest BCUT2D eigenvalue weighted by molar-refractivity contribution is 6.29. The third kappa shape index (κ3) is 5.39. The largest absolute Gasteiger partial charge is 0.349 e. The Kier molecular flexibility index (Phi) is 6.56. The van der Waals surface area contributed by atoms with Gasteiger partial charge in [-0.3, -0.25) is 19.7 Å². The molecule has 0 saturated carbocycles. The molecule has 0 bridgehead atoms. The van der Waals surface area contributed by atoms with Crippen molar-refractivity contribution in [3.05, 3.63) is 59.1 Å². The van der Waals surface area contributed by atoms with Crippen molar-refractivity contribution in [2.75, 3.05) is 19.4 Å². The number of aromatic amines is 1. The Balaban J connectivity index is 1.76. The lowest BCUT2D eigenvalue weighted by atomic mass is 10.1. The molecule has 2 amide bonds. The molecule has 0 fully saturated rings. The molecule has 150 valence electrons. The number of aryl methyl sites for hydroxylation is 1. The molecule has 3 aromatic rings. The highest BCUT2D eigenvalue weighted by Gasteiger charge is 2.20. The molecule has 0 aliphatic rings. The Morgan fingerprint density at radius 1 is 1.17 bits per heavy atom. The number of amides is 2. The summed E-state index contributed by atoms with van der Waals surface area (Å²) >= 11 is 5.78. The van der Waals surface area contributed by atoms with E-state index in [-0.39, 0.29) is 24.7 Å². The summed E-state index contributed by atoms with van der Waals surface area (Å²) in [6.45, 7) is 0. The van der Waals surface area contributed by atoms with Crippen LogP contribution in [0.4, 0.5) is 5.82 Å². The van der Waals surface area contributed by atoms with Crippen LogP contribution in [0.1, 0.15) is 17.5 Å². The summed E-state index contributed by atoms with van der Waals surface area (Å²) in [7, 11) is 3.37. The second kappa shape index (κ2) is 9.29. The van der Waals surface area contributed by atoms with E-state index in [0.717, 1.165) is 11.1 Å². The van der Waals surface area contributed by atoms with Crippen LogP contribution in [0.3, 0.4) is 0 Å². The van der Waals surface area contributed by atoms with Crippen LogP contribution in [0.25, 0.3) is 11.3 Å². The van der Waals surface area contributed by atoms with E-state index in [2.05, 4.69) is 25.5 Å². The first-order valence-electron chi connectivity index (χ1n) is 9.02. The lowest BCUT2D eigenvalue weighted by Gasteiger charge is -2.12. The predicted molar refractivity (Wildman–Crippen MR) is 110 cm³/mol. The standard InChI is InChI=1S/C20H21ClN6O2/c1-27(2)18(29)11-15-19(14-7-9-22-10-8-14)25-26-20(15)24-17(28)6-4-13-3-5-16(21)23-12-13/h3,5,7-10,12H,4,6,11H2,1-2H3,(H2,24,25,26,28). The van der Waals surface area contributed by atoms with Gasteiger partial charge < -0.3 is 10.2 Å². The molecule has 29 heavy (non-hydrogen) atoms. The zero-order valence-corrected chi connectivity index (χ0v) is 16.9. The van der Waals surface area contributed by atoms with Crippen molar-refractivity contribution in [2.24, 2.45) is 0 Å². The minimum Gasteiger partial charge on any atom is -0.349 e. The Morgan fingerprint density at radius 3 is 2.59 bits per heavy atom. The van der Waals surface area contributed by atoms with Crippen molar-refractivity contribution in [3.8, 4) is 11.3 Å². The van der Waals surface area contributed by atoms with Gasteiger partial charge in [-0.25, -0.2) is 4.98 Å². The molecule has 0 aliphatic heterocycles. The maximum Gasteiger partial charge on any atom is 0.226 e. The third-order valence-corrected chi connectivity index (χ3v) is 4.57. The number of likely N-dealkylation sites (N-methyl/N-ethyl adjacent to an activating group) is 1. The second-order valence-corrected chi connectivity index (χ2v) is 7.05. The molecule has 3 rings (SSSR count). The van der Waals surface area contributed by atoms with Gasteiger partial charge in [0.2, 0.25) is 11.8 Å². The Labute approximate surface area is 173 Å². The maximum absolute atomic E-state index is 12.5.